The second-order valence-electron chi connectivity index (χ2n) is 4.59. The van der Waals surface area contributed by atoms with Crippen molar-refractivity contribution in [2.24, 2.45) is 35.1 Å². The maximum atomic E-state index is 6.11. The van der Waals surface area contributed by atoms with Gasteiger partial charge < -0.3 is 11.5 Å². The van der Waals surface area contributed by atoms with Gasteiger partial charge in [-0.1, -0.05) is 27.7 Å². The first-order chi connectivity index (χ1) is 5.46. The summed E-state index contributed by atoms with van der Waals surface area (Å²) < 4.78 is 0. The molecule has 0 bridgehead atoms. The minimum atomic E-state index is 0.329. The van der Waals surface area contributed by atoms with Crippen LogP contribution in [0.1, 0.15) is 27.7 Å². The Bertz CT molecular complexity index is 99.4. The van der Waals surface area contributed by atoms with E-state index in [0.29, 0.717) is 35.8 Å². The average molecular weight is 170 g/mol. The second-order valence-corrected chi connectivity index (χ2v) is 4.59. The van der Waals surface area contributed by atoms with Crippen LogP contribution in [-0.4, -0.2) is 12.1 Å². The Kier molecular flexibility index (Phi) is 2.79. The molecule has 0 aromatic heterocycles. The van der Waals surface area contributed by atoms with Gasteiger partial charge in [-0.15, -0.1) is 0 Å². The topological polar surface area (TPSA) is 52.0 Å². The molecule has 4 N–H and O–H groups in total. The van der Waals surface area contributed by atoms with Crippen LogP contribution in [0.5, 0.6) is 0 Å². The maximum Gasteiger partial charge on any atom is 0.00966 e. The van der Waals surface area contributed by atoms with Crippen LogP contribution in [0.25, 0.3) is 0 Å². The summed E-state index contributed by atoms with van der Waals surface area (Å²) in [6.07, 6.45) is 0. The molecule has 1 saturated carbocycles. The fourth-order valence-corrected chi connectivity index (χ4v) is 2.36. The minimum Gasteiger partial charge on any atom is -0.327 e. The van der Waals surface area contributed by atoms with Gasteiger partial charge in [0, 0.05) is 12.1 Å². The third-order valence-corrected chi connectivity index (χ3v) is 4.09. The standard InChI is InChI=1S/C10H22N2/c1-5-6(2)10(12)8(4)7(3)9(5)11/h5-10H,11-12H2,1-4H3. The first-order valence-corrected chi connectivity index (χ1v) is 4.98. The van der Waals surface area contributed by atoms with Crippen LogP contribution in [0.3, 0.4) is 0 Å². The van der Waals surface area contributed by atoms with Crippen LogP contribution < -0.4 is 11.5 Å². The van der Waals surface area contributed by atoms with Crippen molar-refractivity contribution in [3.8, 4) is 0 Å². The van der Waals surface area contributed by atoms with Gasteiger partial charge in [0.05, 0.1) is 0 Å². The molecule has 0 aliphatic heterocycles. The summed E-state index contributed by atoms with van der Waals surface area (Å²) in [4.78, 5) is 0. The molecule has 72 valence electrons. The molecule has 12 heavy (non-hydrogen) atoms. The van der Waals surface area contributed by atoms with E-state index < -0.39 is 0 Å². The summed E-state index contributed by atoms with van der Waals surface area (Å²) in [6, 6.07) is 0.657. The van der Waals surface area contributed by atoms with Crippen molar-refractivity contribution in [3.05, 3.63) is 0 Å². The summed E-state index contributed by atoms with van der Waals surface area (Å²) in [7, 11) is 0. The quantitative estimate of drug-likeness (QED) is 0.574. The summed E-state index contributed by atoms with van der Waals surface area (Å²) in [5.74, 6) is 2.25. The van der Waals surface area contributed by atoms with Crippen molar-refractivity contribution in [2.45, 2.75) is 39.8 Å². The van der Waals surface area contributed by atoms with Crippen LogP contribution in [0, 0.1) is 23.7 Å². The van der Waals surface area contributed by atoms with Gasteiger partial charge in [-0.2, -0.15) is 0 Å². The molecule has 4 unspecified atom stereocenters. The minimum absolute atomic E-state index is 0.329. The van der Waals surface area contributed by atoms with Crippen LogP contribution in [0.2, 0.25) is 0 Å². The van der Waals surface area contributed by atoms with E-state index in [2.05, 4.69) is 27.7 Å². The van der Waals surface area contributed by atoms with Gasteiger partial charge in [-0.05, 0) is 23.7 Å². The van der Waals surface area contributed by atoms with Gasteiger partial charge >= 0.3 is 0 Å². The molecule has 1 aliphatic rings. The summed E-state index contributed by atoms with van der Waals surface area (Å²) >= 11 is 0. The maximum absolute atomic E-state index is 6.11. The van der Waals surface area contributed by atoms with Crippen molar-refractivity contribution in [3.63, 3.8) is 0 Å². The highest BCUT2D eigenvalue weighted by atomic mass is 14.8. The Labute approximate surface area is 75.7 Å². The molecule has 2 heteroatoms. The lowest BCUT2D eigenvalue weighted by Crippen LogP contribution is -2.55. The Balaban J connectivity index is 2.76. The zero-order chi connectivity index (χ0) is 9.46. The first-order valence-electron chi connectivity index (χ1n) is 4.98. The van der Waals surface area contributed by atoms with Crippen molar-refractivity contribution in [1.82, 2.24) is 0 Å². The molecule has 0 heterocycles. The van der Waals surface area contributed by atoms with E-state index in [4.69, 9.17) is 11.5 Å². The number of hydrogen-bond donors (Lipinski definition) is 2. The van der Waals surface area contributed by atoms with Gasteiger partial charge in [-0.25, -0.2) is 0 Å². The Morgan fingerprint density at radius 3 is 0.917 bits per heavy atom. The van der Waals surface area contributed by atoms with Gasteiger partial charge in [0.15, 0.2) is 0 Å². The zero-order valence-corrected chi connectivity index (χ0v) is 8.62. The molecule has 2 nitrogen and oxygen atoms in total. The van der Waals surface area contributed by atoms with E-state index in [9.17, 15) is 0 Å². The number of rotatable bonds is 0. The Morgan fingerprint density at radius 2 is 0.750 bits per heavy atom. The molecule has 0 aromatic rings. The van der Waals surface area contributed by atoms with Crippen LogP contribution in [0.4, 0.5) is 0 Å². The number of hydrogen-bond acceptors (Lipinski definition) is 2. The second kappa shape index (κ2) is 3.35. The largest absolute Gasteiger partial charge is 0.327 e. The zero-order valence-electron chi connectivity index (χ0n) is 8.62. The third-order valence-electron chi connectivity index (χ3n) is 4.09. The third kappa shape index (κ3) is 1.38. The molecule has 0 spiro atoms. The first kappa shape index (κ1) is 10.0. The van der Waals surface area contributed by atoms with Crippen molar-refractivity contribution >= 4 is 0 Å². The molecular weight excluding hydrogens is 148 g/mol. The highest BCUT2D eigenvalue weighted by Crippen LogP contribution is 2.35. The SMILES string of the molecule is CC1C(C)C(N)C(C)C(C)C1N. The van der Waals surface area contributed by atoms with E-state index in [0.717, 1.165) is 0 Å². The van der Waals surface area contributed by atoms with E-state index in [1.54, 1.807) is 0 Å². The molecule has 0 amide bonds. The van der Waals surface area contributed by atoms with E-state index in [1.165, 1.54) is 0 Å². The lowest BCUT2D eigenvalue weighted by Gasteiger charge is -2.45. The highest BCUT2D eigenvalue weighted by Gasteiger charge is 2.39. The van der Waals surface area contributed by atoms with Crippen molar-refractivity contribution in [2.75, 3.05) is 0 Å². The average Bonchev–Trinajstić information content (AvgIpc) is 2.08. The lowest BCUT2D eigenvalue weighted by molar-refractivity contribution is 0.0982. The van der Waals surface area contributed by atoms with Gasteiger partial charge in [0.2, 0.25) is 0 Å². The molecule has 1 aliphatic carbocycles. The molecule has 1 rings (SSSR count). The summed E-state index contributed by atoms with van der Waals surface area (Å²) in [6.45, 7) is 8.88. The Hall–Kier alpha value is -0.0800. The van der Waals surface area contributed by atoms with Crippen molar-refractivity contribution < 1.29 is 0 Å². The van der Waals surface area contributed by atoms with Gasteiger partial charge in [-0.3, -0.25) is 0 Å². The predicted octanol–water partition coefficient (Wildman–Crippen LogP) is 1.20. The molecule has 4 atom stereocenters. The van der Waals surface area contributed by atoms with Gasteiger partial charge in [0.1, 0.15) is 0 Å². The molecule has 0 saturated heterocycles. The monoisotopic (exact) mass is 170 g/mol. The van der Waals surface area contributed by atoms with Gasteiger partial charge in [0.25, 0.3) is 0 Å². The van der Waals surface area contributed by atoms with E-state index >= 15 is 0 Å². The van der Waals surface area contributed by atoms with Crippen molar-refractivity contribution in [1.29, 1.82) is 0 Å². The molecular formula is C10H22N2. The number of nitrogens with two attached hydrogens (primary N) is 2. The Morgan fingerprint density at radius 1 is 0.583 bits per heavy atom. The highest BCUT2D eigenvalue weighted by molar-refractivity contribution is 4.94. The molecule has 1 fully saturated rings. The van der Waals surface area contributed by atoms with E-state index in [1.807, 2.05) is 0 Å². The predicted molar refractivity (Wildman–Crippen MR) is 52.6 cm³/mol. The van der Waals surface area contributed by atoms with Crippen LogP contribution in [0.15, 0.2) is 0 Å². The normalized spacial score (nSPS) is 55.5. The fraction of sp³-hybridized carbons (Fsp3) is 1.00. The smallest absolute Gasteiger partial charge is 0.00966 e. The van der Waals surface area contributed by atoms with Crippen LogP contribution in [-0.2, 0) is 0 Å². The molecule has 0 radical (unpaired) electrons. The summed E-state index contributed by atoms with van der Waals surface area (Å²) in [5.41, 5.74) is 12.2. The lowest BCUT2D eigenvalue weighted by atomic mass is 9.65. The van der Waals surface area contributed by atoms with E-state index in [-0.39, 0.29) is 0 Å². The summed E-state index contributed by atoms with van der Waals surface area (Å²) in [5, 5.41) is 0. The fourth-order valence-electron chi connectivity index (χ4n) is 2.36. The van der Waals surface area contributed by atoms with Crippen LogP contribution >= 0.6 is 0 Å². The molecule has 0 aromatic carbocycles.